The molecule has 1 aliphatic rings. The summed E-state index contributed by atoms with van der Waals surface area (Å²) in [4.78, 5) is 0. The van der Waals surface area contributed by atoms with Gasteiger partial charge in [-0.2, -0.15) is 0 Å². The maximum atomic E-state index is 6.52. The zero-order valence-corrected chi connectivity index (χ0v) is 12.7. The number of benzene rings is 1. The summed E-state index contributed by atoms with van der Waals surface area (Å²) in [7, 11) is 1.79. The topological polar surface area (TPSA) is 18.5 Å². The summed E-state index contributed by atoms with van der Waals surface area (Å²) in [5.41, 5.74) is 1.15. The molecule has 0 N–H and O–H groups in total. The number of ether oxygens (including phenoxy) is 2. The molecule has 1 aromatic carbocycles. The van der Waals surface area contributed by atoms with Crippen LogP contribution in [0.15, 0.2) is 24.3 Å². The Morgan fingerprint density at radius 1 is 1.21 bits per heavy atom. The molecule has 1 saturated carbocycles. The van der Waals surface area contributed by atoms with E-state index in [1.807, 2.05) is 26.0 Å². The third-order valence-electron chi connectivity index (χ3n) is 3.86. The van der Waals surface area contributed by atoms with Gasteiger partial charge in [0.2, 0.25) is 0 Å². The van der Waals surface area contributed by atoms with E-state index >= 15 is 0 Å². The van der Waals surface area contributed by atoms with Crippen molar-refractivity contribution >= 4 is 11.6 Å². The van der Waals surface area contributed by atoms with E-state index in [4.69, 9.17) is 21.1 Å². The second kappa shape index (κ2) is 6.15. The van der Waals surface area contributed by atoms with Crippen LogP contribution in [-0.4, -0.2) is 18.8 Å². The van der Waals surface area contributed by atoms with Crippen molar-refractivity contribution in [1.29, 1.82) is 0 Å². The molecule has 0 saturated heterocycles. The first-order valence-electron chi connectivity index (χ1n) is 7.00. The average molecular weight is 283 g/mol. The molecule has 1 aliphatic carbocycles. The minimum absolute atomic E-state index is 0.00773. The molecule has 2 nitrogen and oxygen atoms in total. The largest absolute Gasteiger partial charge is 0.491 e. The maximum Gasteiger partial charge on any atom is 0.119 e. The molecule has 0 radical (unpaired) electrons. The summed E-state index contributed by atoms with van der Waals surface area (Å²) in [6.45, 7) is 4.05. The van der Waals surface area contributed by atoms with Gasteiger partial charge in [-0.3, -0.25) is 0 Å². The van der Waals surface area contributed by atoms with Gasteiger partial charge in [-0.15, -0.1) is 11.6 Å². The highest BCUT2D eigenvalue weighted by atomic mass is 35.5. The minimum atomic E-state index is 0.00773. The summed E-state index contributed by atoms with van der Waals surface area (Å²) in [5, 5.41) is 0.00773. The van der Waals surface area contributed by atoms with E-state index < -0.39 is 0 Å². The SMILES string of the molecule is COC1(CC(Cl)c2ccc(OC(C)C)cc2)CCC1. The van der Waals surface area contributed by atoms with Crippen LogP contribution in [0.4, 0.5) is 0 Å². The Morgan fingerprint density at radius 3 is 2.26 bits per heavy atom. The Labute approximate surface area is 121 Å². The summed E-state index contributed by atoms with van der Waals surface area (Å²) in [6.07, 6.45) is 4.58. The first-order valence-corrected chi connectivity index (χ1v) is 7.44. The van der Waals surface area contributed by atoms with Gasteiger partial charge in [-0.05, 0) is 57.2 Å². The molecule has 3 heteroatoms. The van der Waals surface area contributed by atoms with Crippen molar-refractivity contribution in [1.82, 2.24) is 0 Å². The van der Waals surface area contributed by atoms with Gasteiger partial charge in [0, 0.05) is 7.11 Å². The highest BCUT2D eigenvalue weighted by Gasteiger charge is 2.38. The van der Waals surface area contributed by atoms with Crippen LogP contribution in [0.25, 0.3) is 0 Å². The Bertz CT molecular complexity index is 390. The van der Waals surface area contributed by atoms with Crippen molar-refractivity contribution in [3.63, 3.8) is 0 Å². The van der Waals surface area contributed by atoms with Gasteiger partial charge in [-0.1, -0.05) is 12.1 Å². The van der Waals surface area contributed by atoms with Crippen molar-refractivity contribution < 1.29 is 9.47 Å². The van der Waals surface area contributed by atoms with Crippen molar-refractivity contribution in [2.75, 3.05) is 7.11 Å². The molecule has 0 spiro atoms. The van der Waals surface area contributed by atoms with Crippen LogP contribution < -0.4 is 4.74 Å². The fourth-order valence-corrected chi connectivity index (χ4v) is 2.96. The Morgan fingerprint density at radius 2 is 1.84 bits per heavy atom. The number of hydrogen-bond donors (Lipinski definition) is 0. The molecule has 1 atom stereocenters. The highest BCUT2D eigenvalue weighted by molar-refractivity contribution is 6.20. The van der Waals surface area contributed by atoms with E-state index in [0.29, 0.717) is 0 Å². The first-order chi connectivity index (χ1) is 9.04. The van der Waals surface area contributed by atoms with Crippen LogP contribution in [0.3, 0.4) is 0 Å². The van der Waals surface area contributed by atoms with E-state index in [1.165, 1.54) is 6.42 Å². The monoisotopic (exact) mass is 282 g/mol. The maximum absolute atomic E-state index is 6.52. The van der Waals surface area contributed by atoms with Gasteiger partial charge in [0.25, 0.3) is 0 Å². The standard InChI is InChI=1S/C16H23ClO2/c1-12(2)19-14-7-5-13(6-8-14)15(17)11-16(18-3)9-4-10-16/h5-8,12,15H,4,9-11H2,1-3H3. The minimum Gasteiger partial charge on any atom is -0.491 e. The van der Waals surface area contributed by atoms with E-state index in [9.17, 15) is 0 Å². The van der Waals surface area contributed by atoms with Crippen LogP contribution >= 0.6 is 11.6 Å². The van der Waals surface area contributed by atoms with Crippen molar-refractivity contribution in [2.45, 2.75) is 56.6 Å². The van der Waals surface area contributed by atoms with E-state index in [0.717, 1.165) is 30.6 Å². The predicted molar refractivity (Wildman–Crippen MR) is 79.0 cm³/mol. The summed E-state index contributed by atoms with van der Waals surface area (Å²) >= 11 is 6.52. The Hall–Kier alpha value is -0.730. The number of alkyl halides is 1. The fourth-order valence-electron chi connectivity index (χ4n) is 2.53. The first kappa shape index (κ1) is 14.7. The third kappa shape index (κ3) is 3.64. The average Bonchev–Trinajstić information content (AvgIpc) is 2.34. The van der Waals surface area contributed by atoms with Crippen molar-refractivity contribution in [2.24, 2.45) is 0 Å². The van der Waals surface area contributed by atoms with E-state index in [2.05, 4.69) is 12.1 Å². The summed E-state index contributed by atoms with van der Waals surface area (Å²) in [5.74, 6) is 0.896. The van der Waals surface area contributed by atoms with Crippen LogP contribution in [0.5, 0.6) is 5.75 Å². The van der Waals surface area contributed by atoms with Gasteiger partial charge in [0.1, 0.15) is 5.75 Å². The lowest BCUT2D eigenvalue weighted by Crippen LogP contribution is -2.39. The van der Waals surface area contributed by atoms with Gasteiger partial charge in [0.15, 0.2) is 0 Å². The van der Waals surface area contributed by atoms with Gasteiger partial charge in [-0.25, -0.2) is 0 Å². The number of methoxy groups -OCH3 is 1. The molecule has 2 rings (SSSR count). The van der Waals surface area contributed by atoms with Crippen LogP contribution in [0.1, 0.15) is 50.5 Å². The Balaban J connectivity index is 1.97. The molecule has 0 heterocycles. The highest BCUT2D eigenvalue weighted by Crippen LogP contribution is 2.43. The quantitative estimate of drug-likeness (QED) is 0.703. The Kier molecular flexibility index (Phi) is 4.75. The van der Waals surface area contributed by atoms with Crippen molar-refractivity contribution in [3.8, 4) is 5.75 Å². The van der Waals surface area contributed by atoms with E-state index in [1.54, 1.807) is 7.11 Å². The fraction of sp³-hybridized carbons (Fsp3) is 0.625. The smallest absolute Gasteiger partial charge is 0.119 e. The van der Waals surface area contributed by atoms with Crippen LogP contribution in [-0.2, 0) is 4.74 Å². The lowest BCUT2D eigenvalue weighted by atomic mass is 9.76. The number of hydrogen-bond acceptors (Lipinski definition) is 2. The second-order valence-corrected chi connectivity index (χ2v) is 6.17. The van der Waals surface area contributed by atoms with Gasteiger partial charge >= 0.3 is 0 Å². The third-order valence-corrected chi connectivity index (χ3v) is 4.27. The molecule has 0 aliphatic heterocycles. The van der Waals surface area contributed by atoms with Crippen LogP contribution in [0.2, 0.25) is 0 Å². The van der Waals surface area contributed by atoms with Crippen molar-refractivity contribution in [3.05, 3.63) is 29.8 Å². The molecule has 1 unspecified atom stereocenters. The molecule has 0 bridgehead atoms. The number of halogens is 1. The van der Waals surface area contributed by atoms with Gasteiger partial charge in [0.05, 0.1) is 17.1 Å². The normalized spacial score (nSPS) is 19.0. The molecule has 0 amide bonds. The molecular weight excluding hydrogens is 260 g/mol. The summed E-state index contributed by atoms with van der Waals surface area (Å²) in [6, 6.07) is 8.09. The van der Waals surface area contributed by atoms with E-state index in [-0.39, 0.29) is 17.1 Å². The zero-order valence-electron chi connectivity index (χ0n) is 12.0. The molecule has 0 aromatic heterocycles. The lowest BCUT2D eigenvalue weighted by molar-refractivity contribution is -0.0780. The van der Waals surface area contributed by atoms with Crippen LogP contribution in [0, 0.1) is 0 Å². The predicted octanol–water partition coefficient (Wildman–Crippen LogP) is 4.71. The molecular formula is C16H23ClO2. The molecule has 1 aromatic rings. The number of rotatable bonds is 6. The molecule has 1 fully saturated rings. The van der Waals surface area contributed by atoms with Gasteiger partial charge < -0.3 is 9.47 Å². The summed E-state index contributed by atoms with van der Waals surface area (Å²) < 4.78 is 11.3. The molecule has 19 heavy (non-hydrogen) atoms. The zero-order chi connectivity index (χ0) is 13.9. The lowest BCUT2D eigenvalue weighted by Gasteiger charge is -2.41. The molecule has 106 valence electrons. The second-order valence-electron chi connectivity index (χ2n) is 5.65.